The van der Waals surface area contributed by atoms with Crippen LogP contribution in [0.4, 0.5) is 0 Å². The van der Waals surface area contributed by atoms with E-state index in [2.05, 4.69) is 10.6 Å². The zero-order valence-electron chi connectivity index (χ0n) is 11.6. The fraction of sp³-hybridized carbons (Fsp3) is 0.917. The van der Waals surface area contributed by atoms with E-state index in [0.29, 0.717) is 19.6 Å². The summed E-state index contributed by atoms with van der Waals surface area (Å²) < 4.78 is 27.9. The minimum absolute atomic E-state index is 0.0981. The quantitative estimate of drug-likeness (QED) is 0.629. The highest BCUT2D eigenvalue weighted by atomic mass is 32.2. The molecular weight excluding hydrogens is 268 g/mol. The third-order valence-electron chi connectivity index (χ3n) is 3.17. The van der Waals surface area contributed by atoms with Crippen LogP contribution in [0.15, 0.2) is 0 Å². The van der Waals surface area contributed by atoms with Crippen LogP contribution in [0.25, 0.3) is 0 Å². The molecule has 2 unspecified atom stereocenters. The Hall–Kier alpha value is -0.660. The van der Waals surface area contributed by atoms with Crippen LogP contribution in [0.3, 0.4) is 0 Å². The molecular formula is C12H24N2O4S. The summed E-state index contributed by atoms with van der Waals surface area (Å²) in [5.74, 6) is 0.302. The van der Waals surface area contributed by atoms with Gasteiger partial charge in [0.15, 0.2) is 9.84 Å². The normalized spacial score (nSPS) is 23.8. The lowest BCUT2D eigenvalue weighted by molar-refractivity contribution is -0.122. The smallest absolute Gasteiger partial charge is 0.236 e. The predicted octanol–water partition coefficient (Wildman–Crippen LogP) is -0.306. The second kappa shape index (κ2) is 7.81. The van der Waals surface area contributed by atoms with Gasteiger partial charge in [-0.3, -0.25) is 4.79 Å². The first-order valence-electron chi connectivity index (χ1n) is 6.68. The van der Waals surface area contributed by atoms with Crippen LogP contribution in [0.1, 0.15) is 26.2 Å². The molecule has 1 rings (SSSR count). The van der Waals surface area contributed by atoms with Crippen LogP contribution < -0.4 is 10.6 Å². The van der Waals surface area contributed by atoms with Gasteiger partial charge in [-0.05, 0) is 26.2 Å². The van der Waals surface area contributed by atoms with Gasteiger partial charge in [0.2, 0.25) is 5.91 Å². The maximum absolute atomic E-state index is 11.8. The van der Waals surface area contributed by atoms with E-state index in [9.17, 15) is 13.2 Å². The summed E-state index contributed by atoms with van der Waals surface area (Å²) in [6.07, 6.45) is 2.25. The number of amides is 1. The maximum atomic E-state index is 11.8. The van der Waals surface area contributed by atoms with Crippen molar-refractivity contribution in [1.82, 2.24) is 10.6 Å². The second-order valence-corrected chi connectivity index (χ2v) is 7.21. The van der Waals surface area contributed by atoms with E-state index in [0.717, 1.165) is 12.8 Å². The van der Waals surface area contributed by atoms with Gasteiger partial charge in [0, 0.05) is 26.3 Å². The summed E-state index contributed by atoms with van der Waals surface area (Å²) in [4.78, 5) is 11.8. The lowest BCUT2D eigenvalue weighted by Crippen LogP contribution is -2.50. The molecule has 7 heteroatoms. The third-order valence-corrected chi connectivity index (χ3v) is 4.99. The fourth-order valence-corrected chi connectivity index (χ4v) is 3.81. The van der Waals surface area contributed by atoms with Crippen molar-refractivity contribution < 1.29 is 17.9 Å². The standard InChI is InChI=1S/C12H24N2O4S/c1-10(12(15)13-6-4-7-18-2)14-11-5-3-8-19(16,17)9-11/h10-11,14H,3-9H2,1-2H3,(H,13,15). The van der Waals surface area contributed by atoms with Gasteiger partial charge >= 0.3 is 0 Å². The van der Waals surface area contributed by atoms with E-state index in [-0.39, 0.29) is 29.5 Å². The fourth-order valence-electron chi connectivity index (χ4n) is 2.16. The van der Waals surface area contributed by atoms with Crippen LogP contribution in [0.5, 0.6) is 0 Å². The van der Waals surface area contributed by atoms with Gasteiger partial charge in [0.1, 0.15) is 0 Å². The number of nitrogens with one attached hydrogen (secondary N) is 2. The summed E-state index contributed by atoms with van der Waals surface area (Å²) in [5, 5.41) is 5.89. The molecule has 0 radical (unpaired) electrons. The third kappa shape index (κ3) is 6.35. The topological polar surface area (TPSA) is 84.5 Å². The summed E-state index contributed by atoms with van der Waals surface area (Å²) in [5.41, 5.74) is 0. The van der Waals surface area contributed by atoms with Gasteiger partial charge in [0.25, 0.3) is 0 Å². The zero-order valence-corrected chi connectivity index (χ0v) is 12.5. The average molecular weight is 292 g/mol. The van der Waals surface area contributed by atoms with Crippen LogP contribution in [-0.4, -0.2) is 58.2 Å². The first-order chi connectivity index (χ1) is 8.94. The molecule has 1 heterocycles. The molecule has 1 aliphatic rings. The molecule has 6 nitrogen and oxygen atoms in total. The van der Waals surface area contributed by atoms with Crippen molar-refractivity contribution in [3.63, 3.8) is 0 Å². The molecule has 0 bridgehead atoms. The average Bonchev–Trinajstić information content (AvgIpc) is 2.33. The lowest BCUT2D eigenvalue weighted by Gasteiger charge is -2.26. The van der Waals surface area contributed by atoms with E-state index < -0.39 is 9.84 Å². The SMILES string of the molecule is COCCCNC(=O)C(C)NC1CCCS(=O)(=O)C1. The molecule has 0 aliphatic carbocycles. The highest BCUT2D eigenvalue weighted by Crippen LogP contribution is 2.12. The minimum Gasteiger partial charge on any atom is -0.385 e. The first kappa shape index (κ1) is 16.4. The first-order valence-corrected chi connectivity index (χ1v) is 8.50. The van der Waals surface area contributed by atoms with Crippen LogP contribution in [-0.2, 0) is 19.4 Å². The van der Waals surface area contributed by atoms with Gasteiger partial charge in [0.05, 0.1) is 17.5 Å². The van der Waals surface area contributed by atoms with Crippen molar-refractivity contribution in [3.8, 4) is 0 Å². The summed E-state index contributed by atoms with van der Waals surface area (Å²) >= 11 is 0. The Morgan fingerprint density at radius 3 is 2.84 bits per heavy atom. The molecule has 19 heavy (non-hydrogen) atoms. The van der Waals surface area contributed by atoms with E-state index in [1.54, 1.807) is 14.0 Å². The Kier molecular flexibility index (Phi) is 6.74. The van der Waals surface area contributed by atoms with Crippen LogP contribution >= 0.6 is 0 Å². The summed E-state index contributed by atoms with van der Waals surface area (Å²) in [6, 6.07) is -0.487. The second-order valence-electron chi connectivity index (χ2n) is 4.98. The molecule has 1 saturated heterocycles. The van der Waals surface area contributed by atoms with Gasteiger partial charge < -0.3 is 15.4 Å². The minimum atomic E-state index is -2.94. The molecule has 0 aromatic carbocycles. The zero-order chi connectivity index (χ0) is 14.3. The highest BCUT2D eigenvalue weighted by Gasteiger charge is 2.26. The molecule has 2 atom stereocenters. The van der Waals surface area contributed by atoms with Crippen molar-refractivity contribution in [2.45, 2.75) is 38.3 Å². The van der Waals surface area contributed by atoms with Crippen molar-refractivity contribution in [3.05, 3.63) is 0 Å². The molecule has 1 aliphatic heterocycles. The number of hydrogen-bond acceptors (Lipinski definition) is 5. The molecule has 0 aromatic heterocycles. The number of ether oxygens (including phenoxy) is 1. The van der Waals surface area contributed by atoms with E-state index in [4.69, 9.17) is 4.74 Å². The highest BCUT2D eigenvalue weighted by molar-refractivity contribution is 7.91. The van der Waals surface area contributed by atoms with Crippen molar-refractivity contribution in [2.75, 3.05) is 31.8 Å². The summed E-state index contributed by atoms with van der Waals surface area (Å²) in [7, 11) is -1.32. The van der Waals surface area contributed by atoms with Crippen LogP contribution in [0.2, 0.25) is 0 Å². The molecule has 1 amide bonds. The van der Waals surface area contributed by atoms with Gasteiger partial charge in [-0.1, -0.05) is 0 Å². The van der Waals surface area contributed by atoms with Gasteiger partial charge in [-0.2, -0.15) is 0 Å². The molecule has 0 aromatic rings. The monoisotopic (exact) mass is 292 g/mol. The Balaban J connectivity index is 2.29. The van der Waals surface area contributed by atoms with Gasteiger partial charge in [-0.25, -0.2) is 8.42 Å². The number of rotatable bonds is 7. The molecule has 2 N–H and O–H groups in total. The van der Waals surface area contributed by atoms with Gasteiger partial charge in [-0.15, -0.1) is 0 Å². The Morgan fingerprint density at radius 1 is 1.47 bits per heavy atom. The van der Waals surface area contributed by atoms with Crippen molar-refractivity contribution in [2.24, 2.45) is 0 Å². The number of hydrogen-bond donors (Lipinski definition) is 2. The number of carbonyl (C=O) groups excluding carboxylic acids is 1. The number of methoxy groups -OCH3 is 1. The van der Waals surface area contributed by atoms with E-state index >= 15 is 0 Å². The van der Waals surface area contributed by atoms with E-state index in [1.165, 1.54) is 0 Å². The Labute approximate surface area is 115 Å². The molecule has 0 saturated carbocycles. The molecule has 112 valence electrons. The predicted molar refractivity (Wildman–Crippen MR) is 73.8 cm³/mol. The lowest BCUT2D eigenvalue weighted by atomic mass is 10.1. The van der Waals surface area contributed by atoms with Crippen molar-refractivity contribution in [1.29, 1.82) is 0 Å². The Morgan fingerprint density at radius 2 is 2.21 bits per heavy atom. The number of carbonyl (C=O) groups is 1. The molecule has 0 spiro atoms. The van der Waals surface area contributed by atoms with Crippen LogP contribution in [0, 0.1) is 0 Å². The number of sulfone groups is 1. The molecule has 1 fully saturated rings. The Bertz CT molecular complexity index is 383. The maximum Gasteiger partial charge on any atom is 0.236 e. The summed E-state index contributed by atoms with van der Waals surface area (Å²) in [6.45, 7) is 2.94. The largest absolute Gasteiger partial charge is 0.385 e. The van der Waals surface area contributed by atoms with E-state index in [1.807, 2.05) is 0 Å². The van der Waals surface area contributed by atoms with Crippen molar-refractivity contribution >= 4 is 15.7 Å².